The van der Waals surface area contributed by atoms with Crippen molar-refractivity contribution in [3.8, 4) is 0 Å². The van der Waals surface area contributed by atoms with E-state index >= 15 is 0 Å². The lowest BCUT2D eigenvalue weighted by atomic mass is 10.1. The highest BCUT2D eigenvalue weighted by Gasteiger charge is 2.33. The van der Waals surface area contributed by atoms with E-state index < -0.39 is 0 Å². The lowest BCUT2D eigenvalue weighted by Crippen LogP contribution is -2.43. The second-order valence-corrected chi connectivity index (χ2v) is 6.79. The van der Waals surface area contributed by atoms with Crippen molar-refractivity contribution in [2.45, 2.75) is 38.9 Å². The molecule has 2 aromatic rings. The highest BCUT2D eigenvalue weighted by Crippen LogP contribution is 2.25. The van der Waals surface area contributed by atoms with Crippen molar-refractivity contribution in [2.24, 2.45) is 0 Å². The minimum Gasteiger partial charge on any atom is -0.334 e. The number of benzene rings is 2. The van der Waals surface area contributed by atoms with Crippen molar-refractivity contribution < 1.29 is 9.59 Å². The topological polar surface area (TPSA) is 61.4 Å². The maximum atomic E-state index is 12.4. The molecule has 0 aromatic heterocycles. The monoisotopic (exact) mass is 351 g/mol. The molecule has 1 heterocycles. The molecule has 0 spiro atoms. The van der Waals surface area contributed by atoms with Crippen molar-refractivity contribution in [1.29, 1.82) is 0 Å². The SMILES string of the molecule is Cc1ccccc1CNC(=O)NC1CC(=O)N(C(C)c2ccccc2)C1. The summed E-state index contributed by atoms with van der Waals surface area (Å²) in [6.07, 6.45) is 0.342. The van der Waals surface area contributed by atoms with Crippen LogP contribution in [0.25, 0.3) is 0 Å². The summed E-state index contributed by atoms with van der Waals surface area (Å²) in [6, 6.07) is 17.5. The first kappa shape index (κ1) is 18.0. The van der Waals surface area contributed by atoms with Crippen molar-refractivity contribution in [1.82, 2.24) is 15.5 Å². The number of nitrogens with zero attached hydrogens (tertiary/aromatic N) is 1. The van der Waals surface area contributed by atoms with E-state index in [2.05, 4.69) is 10.6 Å². The fraction of sp³-hybridized carbons (Fsp3) is 0.333. The van der Waals surface area contributed by atoms with Gasteiger partial charge in [0.2, 0.25) is 5.91 Å². The standard InChI is InChI=1S/C21H25N3O2/c1-15-8-6-7-11-18(15)13-22-21(26)23-19-12-20(25)24(14-19)16(2)17-9-4-3-5-10-17/h3-11,16,19H,12-14H2,1-2H3,(H2,22,23,26). The van der Waals surface area contributed by atoms with E-state index in [4.69, 9.17) is 0 Å². The zero-order valence-electron chi connectivity index (χ0n) is 15.2. The van der Waals surface area contributed by atoms with Crippen molar-refractivity contribution >= 4 is 11.9 Å². The summed E-state index contributed by atoms with van der Waals surface area (Å²) in [4.78, 5) is 26.4. The van der Waals surface area contributed by atoms with Crippen molar-refractivity contribution in [2.75, 3.05) is 6.54 Å². The van der Waals surface area contributed by atoms with Crippen molar-refractivity contribution in [3.63, 3.8) is 0 Å². The van der Waals surface area contributed by atoms with Gasteiger partial charge in [0.25, 0.3) is 0 Å². The summed E-state index contributed by atoms with van der Waals surface area (Å²) in [5.74, 6) is 0.0746. The second-order valence-electron chi connectivity index (χ2n) is 6.79. The predicted molar refractivity (Wildman–Crippen MR) is 102 cm³/mol. The average Bonchev–Trinajstić information content (AvgIpc) is 3.01. The Balaban J connectivity index is 1.52. The molecule has 0 bridgehead atoms. The molecule has 3 amide bonds. The van der Waals surface area contributed by atoms with Crippen LogP contribution in [-0.2, 0) is 11.3 Å². The Labute approximate surface area is 154 Å². The van der Waals surface area contributed by atoms with Gasteiger partial charge in [0.05, 0.1) is 12.1 Å². The number of rotatable bonds is 5. The Hall–Kier alpha value is -2.82. The largest absolute Gasteiger partial charge is 0.334 e. The highest BCUT2D eigenvalue weighted by atomic mass is 16.2. The van der Waals surface area contributed by atoms with E-state index in [1.165, 1.54) is 0 Å². The molecule has 0 saturated carbocycles. The molecule has 0 radical (unpaired) electrons. The summed E-state index contributed by atoms with van der Waals surface area (Å²) in [5.41, 5.74) is 3.33. The molecule has 2 unspecified atom stereocenters. The van der Waals surface area contributed by atoms with Crippen LogP contribution in [0, 0.1) is 6.92 Å². The Morgan fingerprint density at radius 1 is 1.15 bits per heavy atom. The third-order valence-electron chi connectivity index (χ3n) is 4.94. The fourth-order valence-corrected chi connectivity index (χ4v) is 3.33. The molecule has 3 rings (SSSR count). The first-order valence-corrected chi connectivity index (χ1v) is 8.98. The first-order chi connectivity index (χ1) is 12.5. The summed E-state index contributed by atoms with van der Waals surface area (Å²) in [5, 5.41) is 5.80. The first-order valence-electron chi connectivity index (χ1n) is 8.98. The molecule has 136 valence electrons. The number of carbonyl (C=O) groups excluding carboxylic acids is 2. The number of urea groups is 1. The van der Waals surface area contributed by atoms with Crippen LogP contribution in [0.5, 0.6) is 0 Å². The van der Waals surface area contributed by atoms with Crippen LogP contribution < -0.4 is 10.6 Å². The van der Waals surface area contributed by atoms with Gasteiger partial charge < -0.3 is 15.5 Å². The number of aryl methyl sites for hydroxylation is 1. The van der Waals surface area contributed by atoms with Crippen LogP contribution in [0.15, 0.2) is 54.6 Å². The zero-order chi connectivity index (χ0) is 18.5. The Morgan fingerprint density at radius 2 is 1.85 bits per heavy atom. The molecule has 0 aliphatic carbocycles. The third-order valence-corrected chi connectivity index (χ3v) is 4.94. The van der Waals surface area contributed by atoms with Gasteiger partial charge >= 0.3 is 6.03 Å². The molecule has 1 aliphatic heterocycles. The molecule has 5 heteroatoms. The van der Waals surface area contributed by atoms with Crippen LogP contribution >= 0.6 is 0 Å². The van der Waals surface area contributed by atoms with Crippen LogP contribution in [0.3, 0.4) is 0 Å². The molecular formula is C21H25N3O2. The van der Waals surface area contributed by atoms with Crippen LogP contribution in [0.1, 0.15) is 36.1 Å². The number of carbonyl (C=O) groups is 2. The molecule has 2 N–H and O–H groups in total. The van der Waals surface area contributed by atoms with E-state index in [9.17, 15) is 9.59 Å². The Kier molecular flexibility index (Phi) is 5.56. The molecule has 5 nitrogen and oxygen atoms in total. The number of likely N-dealkylation sites (tertiary alicyclic amines) is 1. The van der Waals surface area contributed by atoms with Gasteiger partial charge in [-0.2, -0.15) is 0 Å². The Morgan fingerprint density at radius 3 is 2.58 bits per heavy atom. The molecule has 1 saturated heterocycles. The normalized spacial score (nSPS) is 17.8. The van der Waals surface area contributed by atoms with Gasteiger partial charge in [-0.05, 0) is 30.5 Å². The Bertz CT molecular complexity index is 776. The van der Waals surface area contributed by atoms with E-state index in [0.29, 0.717) is 19.5 Å². The highest BCUT2D eigenvalue weighted by molar-refractivity contribution is 5.82. The van der Waals surface area contributed by atoms with Crippen LogP contribution in [0.2, 0.25) is 0 Å². The fourth-order valence-electron chi connectivity index (χ4n) is 3.33. The quantitative estimate of drug-likeness (QED) is 0.869. The van der Waals surface area contributed by atoms with E-state index in [0.717, 1.165) is 16.7 Å². The molecule has 26 heavy (non-hydrogen) atoms. The average molecular weight is 351 g/mol. The summed E-state index contributed by atoms with van der Waals surface area (Å²) < 4.78 is 0. The lowest BCUT2D eigenvalue weighted by Gasteiger charge is -2.25. The summed E-state index contributed by atoms with van der Waals surface area (Å²) >= 11 is 0. The van der Waals surface area contributed by atoms with E-state index in [1.807, 2.05) is 73.3 Å². The van der Waals surface area contributed by atoms with Gasteiger partial charge in [0.15, 0.2) is 0 Å². The number of hydrogen-bond donors (Lipinski definition) is 2. The molecule has 1 fully saturated rings. The van der Waals surface area contributed by atoms with Gasteiger partial charge in [-0.3, -0.25) is 4.79 Å². The maximum absolute atomic E-state index is 12.4. The number of amides is 3. The zero-order valence-corrected chi connectivity index (χ0v) is 15.2. The van der Waals surface area contributed by atoms with E-state index in [1.54, 1.807) is 0 Å². The number of hydrogen-bond acceptors (Lipinski definition) is 2. The smallest absolute Gasteiger partial charge is 0.315 e. The minimum absolute atomic E-state index is 0.00512. The minimum atomic E-state index is -0.236. The van der Waals surface area contributed by atoms with Crippen LogP contribution in [-0.4, -0.2) is 29.4 Å². The summed E-state index contributed by atoms with van der Waals surface area (Å²) in [6.45, 7) is 5.05. The molecule has 1 aliphatic rings. The van der Waals surface area contributed by atoms with Gasteiger partial charge in [0, 0.05) is 19.5 Å². The lowest BCUT2D eigenvalue weighted by molar-refractivity contribution is -0.129. The molecular weight excluding hydrogens is 326 g/mol. The molecule has 2 aromatic carbocycles. The van der Waals surface area contributed by atoms with Gasteiger partial charge in [-0.15, -0.1) is 0 Å². The van der Waals surface area contributed by atoms with Gasteiger partial charge in [-0.25, -0.2) is 4.79 Å². The second kappa shape index (κ2) is 8.04. The summed E-state index contributed by atoms with van der Waals surface area (Å²) in [7, 11) is 0. The maximum Gasteiger partial charge on any atom is 0.315 e. The number of nitrogens with one attached hydrogen (secondary N) is 2. The molecule has 2 atom stereocenters. The predicted octanol–water partition coefficient (Wildman–Crippen LogP) is 3.16. The van der Waals surface area contributed by atoms with Crippen LogP contribution in [0.4, 0.5) is 4.79 Å². The van der Waals surface area contributed by atoms with Gasteiger partial charge in [-0.1, -0.05) is 54.6 Å². The van der Waals surface area contributed by atoms with Crippen molar-refractivity contribution in [3.05, 3.63) is 71.3 Å². The third kappa shape index (κ3) is 4.23. The van der Waals surface area contributed by atoms with E-state index in [-0.39, 0.29) is 24.0 Å². The van der Waals surface area contributed by atoms with Gasteiger partial charge in [0.1, 0.15) is 0 Å².